The Bertz CT molecular complexity index is 224. The Morgan fingerprint density at radius 1 is 1.43 bits per heavy atom. The van der Waals surface area contributed by atoms with Crippen molar-refractivity contribution in [1.29, 1.82) is 0 Å². The van der Waals surface area contributed by atoms with E-state index in [1.54, 1.807) is 20.8 Å². The lowest BCUT2D eigenvalue weighted by molar-refractivity contribution is -0.139. The van der Waals surface area contributed by atoms with Gasteiger partial charge in [0, 0.05) is 5.54 Å². The number of rotatable bonds is 3. The summed E-state index contributed by atoms with van der Waals surface area (Å²) in [6.07, 6.45) is -0.727. The molecule has 0 fully saturated rings. The van der Waals surface area contributed by atoms with Gasteiger partial charge >= 0.3 is 12.1 Å². The summed E-state index contributed by atoms with van der Waals surface area (Å²) in [4.78, 5) is 22.9. The molecule has 82 valence electrons. The van der Waals surface area contributed by atoms with Gasteiger partial charge in [0.05, 0.1) is 0 Å². The van der Waals surface area contributed by atoms with Gasteiger partial charge in [0.25, 0.3) is 0 Å². The monoisotopic (exact) mass is 223 g/mol. The van der Waals surface area contributed by atoms with Gasteiger partial charge in [-0.05, 0) is 20.8 Å². The molecule has 0 aliphatic carbocycles. The van der Waals surface area contributed by atoms with Crippen LogP contribution in [-0.4, -0.2) is 40.2 Å². The van der Waals surface area contributed by atoms with Crippen molar-refractivity contribution in [2.24, 2.45) is 0 Å². The summed E-state index contributed by atoms with van der Waals surface area (Å²) in [6.45, 7) is 4.74. The van der Waals surface area contributed by atoms with Gasteiger partial charge in [0.15, 0.2) is 6.07 Å². The largest absolute Gasteiger partial charge is 0.480 e. The predicted molar refractivity (Wildman–Crippen MR) is 51.3 cm³/mol. The first kappa shape index (κ1) is 13.0. The minimum Gasteiger partial charge on any atom is -0.480 e. The zero-order valence-corrected chi connectivity index (χ0v) is 9.17. The molecule has 0 aromatic heterocycles. The fourth-order valence-corrected chi connectivity index (χ4v) is 0.929. The highest BCUT2D eigenvalue weighted by molar-refractivity contribution is 6.17. The fourth-order valence-electron chi connectivity index (χ4n) is 0.835. The van der Waals surface area contributed by atoms with E-state index in [4.69, 9.17) is 16.7 Å². The van der Waals surface area contributed by atoms with Crippen LogP contribution in [-0.2, 0) is 9.53 Å². The number of nitrogens with zero attached hydrogens (tertiary/aromatic N) is 1. The first-order valence-electron chi connectivity index (χ1n) is 4.01. The van der Waals surface area contributed by atoms with Crippen molar-refractivity contribution in [2.45, 2.75) is 26.3 Å². The van der Waals surface area contributed by atoms with Crippen LogP contribution in [0.3, 0.4) is 0 Å². The number of ether oxygens (including phenoxy) is 1. The summed E-state index contributed by atoms with van der Waals surface area (Å²) >= 11 is 5.21. The summed E-state index contributed by atoms with van der Waals surface area (Å²) in [5.74, 6) is -1.09. The van der Waals surface area contributed by atoms with E-state index in [9.17, 15) is 9.59 Å². The van der Waals surface area contributed by atoms with Crippen molar-refractivity contribution in [3.8, 4) is 0 Å². The first-order valence-corrected chi connectivity index (χ1v) is 4.54. The van der Waals surface area contributed by atoms with Gasteiger partial charge in [0.1, 0.15) is 6.54 Å². The van der Waals surface area contributed by atoms with Crippen LogP contribution >= 0.6 is 11.6 Å². The van der Waals surface area contributed by atoms with E-state index in [1.165, 1.54) is 0 Å². The molecular formula is C8H14ClNO4. The number of carbonyl (C=O) groups is 2. The van der Waals surface area contributed by atoms with Crippen molar-refractivity contribution in [2.75, 3.05) is 12.6 Å². The number of alkyl halides is 1. The molecule has 0 aromatic carbocycles. The van der Waals surface area contributed by atoms with E-state index in [0.717, 1.165) is 4.90 Å². The molecule has 0 aromatic rings. The molecule has 0 heterocycles. The van der Waals surface area contributed by atoms with Crippen molar-refractivity contribution in [1.82, 2.24) is 4.90 Å². The lowest BCUT2D eigenvalue weighted by Crippen LogP contribution is -2.48. The van der Waals surface area contributed by atoms with Crippen LogP contribution in [0.4, 0.5) is 4.79 Å². The SMILES string of the molecule is CC(C)(C)N(CC(=O)O)C(=O)OCCl. The quantitative estimate of drug-likeness (QED) is 0.737. The first-order chi connectivity index (χ1) is 6.29. The van der Waals surface area contributed by atoms with Crippen LogP contribution < -0.4 is 0 Å². The molecule has 0 saturated carbocycles. The third-order valence-corrected chi connectivity index (χ3v) is 1.61. The molecule has 0 saturated heterocycles. The van der Waals surface area contributed by atoms with E-state index >= 15 is 0 Å². The Hall–Kier alpha value is -0.970. The highest BCUT2D eigenvalue weighted by Crippen LogP contribution is 2.14. The molecule has 0 bridgehead atoms. The number of hydrogen-bond donors (Lipinski definition) is 1. The topological polar surface area (TPSA) is 66.8 Å². The summed E-state index contributed by atoms with van der Waals surface area (Å²) in [7, 11) is 0. The lowest BCUT2D eigenvalue weighted by atomic mass is 10.1. The standard InChI is InChI=1S/C8H14ClNO4/c1-8(2,3)10(4-6(11)12)7(13)14-5-9/h4-5H2,1-3H3,(H,11,12). The molecule has 0 aliphatic rings. The van der Waals surface area contributed by atoms with Crippen LogP contribution in [0.5, 0.6) is 0 Å². The van der Waals surface area contributed by atoms with Gasteiger partial charge in [-0.1, -0.05) is 11.6 Å². The molecule has 0 atom stereocenters. The number of amides is 1. The van der Waals surface area contributed by atoms with E-state index in [1.807, 2.05) is 0 Å². The Morgan fingerprint density at radius 3 is 2.21 bits per heavy atom. The van der Waals surface area contributed by atoms with Gasteiger partial charge in [0.2, 0.25) is 0 Å². The third-order valence-electron chi connectivity index (χ3n) is 1.50. The maximum Gasteiger partial charge on any atom is 0.411 e. The summed E-state index contributed by atoms with van der Waals surface area (Å²) in [5, 5.41) is 8.58. The summed E-state index contributed by atoms with van der Waals surface area (Å²) in [6, 6.07) is -0.287. The molecule has 0 unspecified atom stereocenters. The van der Waals surface area contributed by atoms with Gasteiger partial charge in [-0.15, -0.1) is 0 Å². The van der Waals surface area contributed by atoms with E-state index in [0.29, 0.717) is 0 Å². The molecule has 0 aliphatic heterocycles. The predicted octanol–water partition coefficient (Wildman–Crippen LogP) is 1.50. The Kier molecular flexibility index (Phi) is 4.70. The van der Waals surface area contributed by atoms with Crippen LogP contribution in [0, 0.1) is 0 Å². The van der Waals surface area contributed by atoms with Gasteiger partial charge in [-0.3, -0.25) is 9.69 Å². The molecule has 14 heavy (non-hydrogen) atoms. The van der Waals surface area contributed by atoms with E-state index < -0.39 is 24.1 Å². The van der Waals surface area contributed by atoms with Crippen LogP contribution in [0.1, 0.15) is 20.8 Å². The van der Waals surface area contributed by atoms with E-state index in [2.05, 4.69) is 4.74 Å². The smallest absolute Gasteiger partial charge is 0.411 e. The van der Waals surface area contributed by atoms with Gasteiger partial charge < -0.3 is 9.84 Å². The van der Waals surface area contributed by atoms with Crippen molar-refractivity contribution in [3.63, 3.8) is 0 Å². The molecule has 1 N–H and O–H groups in total. The maximum atomic E-state index is 11.3. The number of carboxylic acids is 1. The third kappa shape index (κ3) is 4.32. The number of halogens is 1. The second-order valence-electron chi connectivity index (χ2n) is 3.67. The Morgan fingerprint density at radius 2 is 1.93 bits per heavy atom. The molecule has 0 radical (unpaired) electrons. The normalized spacial score (nSPS) is 10.9. The van der Waals surface area contributed by atoms with Crippen molar-refractivity contribution < 1.29 is 19.4 Å². The van der Waals surface area contributed by atoms with E-state index in [-0.39, 0.29) is 6.07 Å². The van der Waals surface area contributed by atoms with Gasteiger partial charge in [-0.2, -0.15) is 0 Å². The number of carboxylic acid groups (broad SMARTS) is 1. The van der Waals surface area contributed by atoms with Crippen LogP contribution in [0.25, 0.3) is 0 Å². The Labute approximate surface area is 87.6 Å². The average Bonchev–Trinajstić information content (AvgIpc) is 1.98. The number of aliphatic carboxylic acids is 1. The number of hydrogen-bond acceptors (Lipinski definition) is 3. The van der Waals surface area contributed by atoms with Crippen molar-refractivity contribution >= 4 is 23.7 Å². The molecule has 0 rings (SSSR count). The Balaban J connectivity index is 4.55. The zero-order chi connectivity index (χ0) is 11.4. The average molecular weight is 224 g/mol. The van der Waals surface area contributed by atoms with Crippen molar-refractivity contribution in [3.05, 3.63) is 0 Å². The molecular weight excluding hydrogens is 210 g/mol. The minimum absolute atomic E-state index is 0.287. The number of carbonyl (C=O) groups excluding carboxylic acids is 1. The molecule has 0 spiro atoms. The fraction of sp³-hybridized carbons (Fsp3) is 0.750. The maximum absolute atomic E-state index is 11.3. The highest BCUT2D eigenvalue weighted by atomic mass is 35.5. The molecule has 5 nitrogen and oxygen atoms in total. The second-order valence-corrected chi connectivity index (χ2v) is 3.89. The van der Waals surface area contributed by atoms with Crippen LogP contribution in [0.15, 0.2) is 0 Å². The minimum atomic E-state index is -1.09. The summed E-state index contributed by atoms with van der Waals surface area (Å²) in [5.41, 5.74) is -0.610. The van der Waals surface area contributed by atoms with Gasteiger partial charge in [-0.25, -0.2) is 4.79 Å². The zero-order valence-electron chi connectivity index (χ0n) is 8.41. The lowest BCUT2D eigenvalue weighted by Gasteiger charge is -2.32. The molecule has 1 amide bonds. The summed E-state index contributed by atoms with van der Waals surface area (Å²) < 4.78 is 4.52. The molecule has 6 heteroatoms. The highest BCUT2D eigenvalue weighted by Gasteiger charge is 2.29. The second kappa shape index (κ2) is 5.05. The van der Waals surface area contributed by atoms with Crippen LogP contribution in [0.2, 0.25) is 0 Å².